The highest BCUT2D eigenvalue weighted by Crippen LogP contribution is 2.18. The summed E-state index contributed by atoms with van der Waals surface area (Å²) >= 11 is 0. The molecule has 1 aromatic heterocycles. The van der Waals surface area contributed by atoms with Gasteiger partial charge in [0, 0.05) is 23.7 Å². The van der Waals surface area contributed by atoms with E-state index in [0.717, 1.165) is 35.6 Å². The molecule has 1 heterocycles. The minimum atomic E-state index is -0.244. The van der Waals surface area contributed by atoms with E-state index in [1.165, 1.54) is 12.1 Å². The quantitative estimate of drug-likeness (QED) is 0.918. The lowest BCUT2D eigenvalue weighted by atomic mass is 10.1. The first kappa shape index (κ1) is 13.6. The number of halogens is 1. The molecule has 1 atom stereocenters. The van der Waals surface area contributed by atoms with Crippen LogP contribution >= 0.6 is 0 Å². The van der Waals surface area contributed by atoms with E-state index in [4.69, 9.17) is 5.73 Å². The van der Waals surface area contributed by atoms with E-state index in [0.29, 0.717) is 0 Å². The van der Waals surface area contributed by atoms with Gasteiger partial charge in [0.05, 0.1) is 5.69 Å². The summed E-state index contributed by atoms with van der Waals surface area (Å²) < 4.78 is 12.9. The SMILES string of the molecule is Cc1cc(-c2ccc(F)cc2)nc(CCC(C)N)n1. The molecule has 0 spiro atoms. The molecule has 1 unspecified atom stereocenters. The summed E-state index contributed by atoms with van der Waals surface area (Å²) in [6.07, 6.45) is 1.61. The van der Waals surface area contributed by atoms with Crippen LogP contribution < -0.4 is 5.73 Å². The fourth-order valence-corrected chi connectivity index (χ4v) is 1.87. The number of nitrogens with zero attached hydrogens (tertiary/aromatic N) is 2. The Hall–Kier alpha value is -1.81. The minimum Gasteiger partial charge on any atom is -0.328 e. The Morgan fingerprint density at radius 3 is 2.53 bits per heavy atom. The van der Waals surface area contributed by atoms with Crippen molar-refractivity contribution in [2.45, 2.75) is 32.7 Å². The first-order valence-corrected chi connectivity index (χ1v) is 6.40. The molecule has 19 heavy (non-hydrogen) atoms. The smallest absolute Gasteiger partial charge is 0.129 e. The van der Waals surface area contributed by atoms with Crippen molar-refractivity contribution in [1.82, 2.24) is 9.97 Å². The number of aromatic nitrogens is 2. The number of nitrogens with two attached hydrogens (primary N) is 1. The van der Waals surface area contributed by atoms with Crippen LogP contribution in [0.5, 0.6) is 0 Å². The molecule has 0 saturated carbocycles. The van der Waals surface area contributed by atoms with Crippen molar-refractivity contribution in [3.05, 3.63) is 47.7 Å². The van der Waals surface area contributed by atoms with E-state index in [-0.39, 0.29) is 11.9 Å². The highest BCUT2D eigenvalue weighted by Gasteiger charge is 2.06. The Balaban J connectivity index is 2.28. The maximum absolute atomic E-state index is 12.9. The van der Waals surface area contributed by atoms with Gasteiger partial charge in [-0.3, -0.25) is 0 Å². The van der Waals surface area contributed by atoms with Gasteiger partial charge in [0.2, 0.25) is 0 Å². The Kier molecular flexibility index (Phi) is 4.22. The van der Waals surface area contributed by atoms with Crippen molar-refractivity contribution in [1.29, 1.82) is 0 Å². The lowest BCUT2D eigenvalue weighted by Gasteiger charge is -2.07. The second-order valence-corrected chi connectivity index (χ2v) is 4.83. The summed E-state index contributed by atoms with van der Waals surface area (Å²) in [6.45, 7) is 3.90. The molecule has 0 radical (unpaired) electrons. The Morgan fingerprint density at radius 2 is 1.89 bits per heavy atom. The Bertz CT molecular complexity index is 550. The number of rotatable bonds is 4. The lowest BCUT2D eigenvalue weighted by Crippen LogP contribution is -2.16. The highest BCUT2D eigenvalue weighted by atomic mass is 19.1. The van der Waals surface area contributed by atoms with Crippen LogP contribution in [-0.4, -0.2) is 16.0 Å². The molecule has 4 heteroatoms. The zero-order valence-electron chi connectivity index (χ0n) is 11.2. The number of aryl methyl sites for hydroxylation is 2. The highest BCUT2D eigenvalue weighted by molar-refractivity contribution is 5.59. The van der Waals surface area contributed by atoms with Crippen LogP contribution in [0, 0.1) is 12.7 Å². The van der Waals surface area contributed by atoms with Gasteiger partial charge in [-0.1, -0.05) is 0 Å². The lowest BCUT2D eigenvalue weighted by molar-refractivity contribution is 0.628. The second kappa shape index (κ2) is 5.89. The predicted molar refractivity (Wildman–Crippen MR) is 74.1 cm³/mol. The first-order chi connectivity index (χ1) is 9.04. The van der Waals surface area contributed by atoms with Gasteiger partial charge in [-0.2, -0.15) is 0 Å². The largest absolute Gasteiger partial charge is 0.328 e. The summed E-state index contributed by atoms with van der Waals surface area (Å²) in [4.78, 5) is 8.92. The molecule has 0 amide bonds. The number of benzene rings is 1. The molecule has 2 N–H and O–H groups in total. The van der Waals surface area contributed by atoms with Crippen LogP contribution in [0.25, 0.3) is 11.3 Å². The zero-order chi connectivity index (χ0) is 13.8. The van der Waals surface area contributed by atoms with E-state index >= 15 is 0 Å². The molecular formula is C15H18FN3. The monoisotopic (exact) mass is 259 g/mol. The Labute approximate surface area is 112 Å². The van der Waals surface area contributed by atoms with Crippen LogP contribution in [0.15, 0.2) is 30.3 Å². The van der Waals surface area contributed by atoms with Crippen molar-refractivity contribution < 1.29 is 4.39 Å². The van der Waals surface area contributed by atoms with Crippen molar-refractivity contribution >= 4 is 0 Å². The molecule has 0 aliphatic carbocycles. The van der Waals surface area contributed by atoms with Gasteiger partial charge in [-0.15, -0.1) is 0 Å². The van der Waals surface area contributed by atoms with Crippen molar-refractivity contribution in [2.24, 2.45) is 5.73 Å². The maximum Gasteiger partial charge on any atom is 0.129 e. The topological polar surface area (TPSA) is 51.8 Å². The minimum absolute atomic E-state index is 0.137. The van der Waals surface area contributed by atoms with Crippen LogP contribution in [0.3, 0.4) is 0 Å². The molecule has 100 valence electrons. The molecule has 3 nitrogen and oxygen atoms in total. The van der Waals surface area contributed by atoms with Gasteiger partial charge >= 0.3 is 0 Å². The molecule has 0 aliphatic rings. The van der Waals surface area contributed by atoms with Gasteiger partial charge < -0.3 is 5.73 Å². The summed E-state index contributed by atoms with van der Waals surface area (Å²) in [5.74, 6) is 0.545. The molecular weight excluding hydrogens is 241 g/mol. The fourth-order valence-electron chi connectivity index (χ4n) is 1.87. The average molecular weight is 259 g/mol. The summed E-state index contributed by atoms with van der Waals surface area (Å²) in [5.41, 5.74) is 8.38. The second-order valence-electron chi connectivity index (χ2n) is 4.83. The van der Waals surface area contributed by atoms with Gasteiger partial charge in [0.25, 0.3) is 0 Å². The van der Waals surface area contributed by atoms with Crippen LogP contribution in [0.4, 0.5) is 4.39 Å². The number of hydrogen-bond donors (Lipinski definition) is 1. The van der Waals surface area contributed by atoms with Gasteiger partial charge in [0.1, 0.15) is 11.6 Å². The van der Waals surface area contributed by atoms with Gasteiger partial charge in [-0.05, 0) is 50.6 Å². The van der Waals surface area contributed by atoms with E-state index < -0.39 is 0 Å². The van der Waals surface area contributed by atoms with Crippen LogP contribution in [0.1, 0.15) is 24.9 Å². The van der Waals surface area contributed by atoms with Crippen LogP contribution in [-0.2, 0) is 6.42 Å². The molecule has 2 aromatic rings. The summed E-state index contributed by atoms with van der Waals surface area (Å²) in [6, 6.07) is 8.38. The first-order valence-electron chi connectivity index (χ1n) is 6.40. The van der Waals surface area contributed by atoms with Crippen LogP contribution in [0.2, 0.25) is 0 Å². The molecule has 2 rings (SSSR count). The van der Waals surface area contributed by atoms with E-state index in [1.807, 2.05) is 19.9 Å². The molecule has 0 bridgehead atoms. The predicted octanol–water partition coefficient (Wildman–Crippen LogP) is 2.87. The van der Waals surface area contributed by atoms with E-state index in [1.54, 1.807) is 12.1 Å². The summed E-state index contributed by atoms with van der Waals surface area (Å²) in [7, 11) is 0. The van der Waals surface area contributed by atoms with Crippen molar-refractivity contribution in [3.8, 4) is 11.3 Å². The van der Waals surface area contributed by atoms with Gasteiger partial charge in [0.15, 0.2) is 0 Å². The molecule has 0 fully saturated rings. The molecule has 0 saturated heterocycles. The van der Waals surface area contributed by atoms with Crippen molar-refractivity contribution in [2.75, 3.05) is 0 Å². The molecule has 0 aliphatic heterocycles. The molecule has 1 aromatic carbocycles. The third-order valence-corrected chi connectivity index (χ3v) is 2.86. The fraction of sp³-hybridized carbons (Fsp3) is 0.333. The van der Waals surface area contributed by atoms with E-state index in [9.17, 15) is 4.39 Å². The third kappa shape index (κ3) is 3.83. The third-order valence-electron chi connectivity index (χ3n) is 2.86. The van der Waals surface area contributed by atoms with E-state index in [2.05, 4.69) is 9.97 Å². The normalized spacial score (nSPS) is 12.4. The number of hydrogen-bond acceptors (Lipinski definition) is 3. The maximum atomic E-state index is 12.9. The average Bonchev–Trinajstić information content (AvgIpc) is 2.36. The van der Waals surface area contributed by atoms with Gasteiger partial charge in [-0.25, -0.2) is 14.4 Å². The zero-order valence-corrected chi connectivity index (χ0v) is 11.2. The Morgan fingerprint density at radius 1 is 1.21 bits per heavy atom. The van der Waals surface area contributed by atoms with Crippen molar-refractivity contribution in [3.63, 3.8) is 0 Å². The summed E-state index contributed by atoms with van der Waals surface area (Å²) in [5, 5.41) is 0. The standard InChI is InChI=1S/C15H18FN3/c1-10(17)3-8-15-18-11(2)9-14(19-15)12-4-6-13(16)7-5-12/h4-7,9-10H,3,8,17H2,1-2H3.